The Hall–Kier alpha value is -1.85. The van der Waals surface area contributed by atoms with Gasteiger partial charge in [-0.2, -0.15) is 4.98 Å². The molecule has 0 saturated heterocycles. The Morgan fingerprint density at radius 1 is 1.43 bits per heavy atom. The molecule has 1 aliphatic carbocycles. The molecule has 116 valence electrons. The van der Waals surface area contributed by atoms with Gasteiger partial charge in [0.05, 0.1) is 0 Å². The Labute approximate surface area is 124 Å². The van der Waals surface area contributed by atoms with Gasteiger partial charge in [0.25, 0.3) is 5.89 Å². The Morgan fingerprint density at radius 3 is 2.57 bits per heavy atom. The third-order valence-electron chi connectivity index (χ3n) is 3.57. The number of aromatic nitrogens is 2. The number of hydrogen-bond donors (Lipinski definition) is 1. The van der Waals surface area contributed by atoms with E-state index < -0.39 is 17.2 Å². The molecule has 0 bridgehead atoms. The summed E-state index contributed by atoms with van der Waals surface area (Å²) in [5.74, 6) is 1.01. The second-order valence-electron chi connectivity index (χ2n) is 6.46. The molecule has 0 atom stereocenters. The van der Waals surface area contributed by atoms with E-state index >= 15 is 0 Å². The van der Waals surface area contributed by atoms with Crippen molar-refractivity contribution in [2.24, 2.45) is 0 Å². The van der Waals surface area contributed by atoms with E-state index in [4.69, 9.17) is 9.26 Å². The van der Waals surface area contributed by atoms with Crippen molar-refractivity contribution in [3.05, 3.63) is 17.8 Å². The summed E-state index contributed by atoms with van der Waals surface area (Å²) in [6, 6.07) is 0. The molecule has 1 N–H and O–H groups in total. The fraction of sp³-hybridized carbons (Fsp3) is 0.667. The zero-order valence-corrected chi connectivity index (χ0v) is 13.3. The predicted molar refractivity (Wildman–Crippen MR) is 78.5 cm³/mol. The Balaban J connectivity index is 2.15. The topological polar surface area (TPSA) is 77.2 Å². The lowest BCUT2D eigenvalue weighted by atomic mass is 9.76. The summed E-state index contributed by atoms with van der Waals surface area (Å²) in [6.45, 7) is 9.33. The van der Waals surface area contributed by atoms with Gasteiger partial charge in [-0.15, -0.1) is 0 Å². The van der Waals surface area contributed by atoms with Crippen molar-refractivity contribution >= 4 is 11.7 Å². The second kappa shape index (κ2) is 5.50. The molecule has 6 heteroatoms. The van der Waals surface area contributed by atoms with Crippen LogP contribution in [0.5, 0.6) is 0 Å². The molecule has 0 aliphatic heterocycles. The molecule has 0 aromatic carbocycles. The molecular formula is C15H23N3O3. The highest BCUT2D eigenvalue weighted by atomic mass is 16.6. The van der Waals surface area contributed by atoms with Gasteiger partial charge in [0.1, 0.15) is 11.1 Å². The summed E-state index contributed by atoms with van der Waals surface area (Å²) >= 11 is 0. The summed E-state index contributed by atoms with van der Waals surface area (Å²) in [5, 5.41) is 6.94. The van der Waals surface area contributed by atoms with Crippen LogP contribution in [-0.2, 0) is 10.3 Å². The van der Waals surface area contributed by atoms with Gasteiger partial charge in [-0.25, -0.2) is 4.79 Å². The first-order valence-electron chi connectivity index (χ1n) is 7.24. The molecule has 1 fully saturated rings. The van der Waals surface area contributed by atoms with Gasteiger partial charge >= 0.3 is 6.09 Å². The van der Waals surface area contributed by atoms with E-state index in [-0.39, 0.29) is 0 Å². The van der Waals surface area contributed by atoms with Gasteiger partial charge in [-0.1, -0.05) is 11.2 Å². The summed E-state index contributed by atoms with van der Waals surface area (Å²) in [6.07, 6.45) is 4.06. The normalized spacial score (nSPS) is 18.0. The van der Waals surface area contributed by atoms with Crippen molar-refractivity contribution in [1.29, 1.82) is 0 Å². The summed E-state index contributed by atoms with van der Waals surface area (Å²) in [7, 11) is 0. The number of allylic oxidation sites excluding steroid dienone is 2. The smallest absolute Gasteiger partial charge is 0.408 e. The summed E-state index contributed by atoms with van der Waals surface area (Å²) in [5.41, 5.74) is -0.169. The average molecular weight is 293 g/mol. The molecule has 1 aromatic rings. The van der Waals surface area contributed by atoms with Crippen LogP contribution in [0.4, 0.5) is 4.79 Å². The maximum Gasteiger partial charge on any atom is 0.408 e. The molecule has 1 saturated carbocycles. The molecule has 2 rings (SSSR count). The van der Waals surface area contributed by atoms with Crippen molar-refractivity contribution < 1.29 is 14.1 Å². The van der Waals surface area contributed by atoms with E-state index in [9.17, 15) is 4.79 Å². The van der Waals surface area contributed by atoms with Crippen molar-refractivity contribution in [3.8, 4) is 0 Å². The molecule has 0 unspecified atom stereocenters. The van der Waals surface area contributed by atoms with Crippen LogP contribution in [0.3, 0.4) is 0 Å². The number of hydrogen-bond acceptors (Lipinski definition) is 5. The standard InChI is InChI=1S/C15H23N3O3/c1-6-10(2)11-16-12(18-21-11)15(8-7-9-15)17-13(19)20-14(3,4)5/h6H,7-9H2,1-5H3,(H,17,19). The minimum Gasteiger partial charge on any atom is -0.444 e. The second-order valence-corrected chi connectivity index (χ2v) is 6.46. The van der Waals surface area contributed by atoms with Gasteiger partial charge in [0.2, 0.25) is 0 Å². The average Bonchev–Trinajstić information content (AvgIpc) is 2.80. The molecule has 0 spiro atoms. The van der Waals surface area contributed by atoms with E-state index in [0.29, 0.717) is 11.7 Å². The number of nitrogens with zero attached hydrogens (tertiary/aromatic N) is 2. The Bertz CT molecular complexity index is 551. The van der Waals surface area contributed by atoms with Crippen LogP contribution >= 0.6 is 0 Å². The van der Waals surface area contributed by atoms with Crippen LogP contribution in [0.2, 0.25) is 0 Å². The van der Waals surface area contributed by atoms with Crippen molar-refractivity contribution in [1.82, 2.24) is 15.5 Å². The first kappa shape index (κ1) is 15.5. The third-order valence-corrected chi connectivity index (χ3v) is 3.57. The minimum atomic E-state index is -0.557. The number of rotatable bonds is 3. The quantitative estimate of drug-likeness (QED) is 0.924. The van der Waals surface area contributed by atoms with E-state index in [2.05, 4.69) is 15.5 Å². The van der Waals surface area contributed by atoms with Gasteiger partial charge in [-0.05, 0) is 53.9 Å². The zero-order chi connectivity index (χ0) is 15.7. The Morgan fingerprint density at radius 2 is 2.10 bits per heavy atom. The number of alkyl carbamates (subject to hydrolysis) is 1. The summed E-state index contributed by atoms with van der Waals surface area (Å²) in [4.78, 5) is 16.4. The number of carbonyl (C=O) groups excluding carboxylic acids is 1. The molecular weight excluding hydrogens is 270 g/mol. The zero-order valence-electron chi connectivity index (χ0n) is 13.3. The number of amides is 1. The van der Waals surface area contributed by atoms with Gasteiger partial charge in [0, 0.05) is 5.57 Å². The molecule has 6 nitrogen and oxygen atoms in total. The lowest BCUT2D eigenvalue weighted by Gasteiger charge is -2.39. The highest BCUT2D eigenvalue weighted by Gasteiger charge is 2.45. The van der Waals surface area contributed by atoms with Crippen LogP contribution < -0.4 is 5.32 Å². The Kier molecular flexibility index (Phi) is 4.07. The first-order chi connectivity index (χ1) is 9.76. The van der Waals surface area contributed by atoms with Crippen molar-refractivity contribution in [2.75, 3.05) is 0 Å². The van der Waals surface area contributed by atoms with E-state index in [1.807, 2.05) is 40.7 Å². The maximum absolute atomic E-state index is 12.0. The largest absolute Gasteiger partial charge is 0.444 e. The van der Waals surface area contributed by atoms with Crippen LogP contribution in [0.25, 0.3) is 5.57 Å². The van der Waals surface area contributed by atoms with Crippen molar-refractivity contribution in [2.45, 2.75) is 65.0 Å². The summed E-state index contributed by atoms with van der Waals surface area (Å²) < 4.78 is 10.6. The molecule has 1 amide bonds. The number of nitrogens with one attached hydrogen (secondary N) is 1. The van der Waals surface area contributed by atoms with Gasteiger partial charge < -0.3 is 14.6 Å². The maximum atomic E-state index is 12.0. The highest BCUT2D eigenvalue weighted by Crippen LogP contribution is 2.40. The van der Waals surface area contributed by atoms with E-state index in [0.717, 1.165) is 24.8 Å². The molecule has 1 aliphatic rings. The van der Waals surface area contributed by atoms with Crippen LogP contribution in [0, 0.1) is 0 Å². The number of carbonyl (C=O) groups is 1. The monoisotopic (exact) mass is 293 g/mol. The van der Waals surface area contributed by atoms with Crippen LogP contribution in [0.15, 0.2) is 10.6 Å². The predicted octanol–water partition coefficient (Wildman–Crippen LogP) is 3.40. The van der Waals surface area contributed by atoms with E-state index in [1.165, 1.54) is 0 Å². The lowest BCUT2D eigenvalue weighted by molar-refractivity contribution is 0.0362. The van der Waals surface area contributed by atoms with Gasteiger partial charge in [0.15, 0.2) is 5.82 Å². The van der Waals surface area contributed by atoms with E-state index in [1.54, 1.807) is 0 Å². The van der Waals surface area contributed by atoms with Crippen LogP contribution in [-0.4, -0.2) is 21.8 Å². The van der Waals surface area contributed by atoms with Crippen molar-refractivity contribution in [3.63, 3.8) is 0 Å². The molecule has 21 heavy (non-hydrogen) atoms. The van der Waals surface area contributed by atoms with Crippen LogP contribution in [0.1, 0.15) is 65.6 Å². The molecule has 0 radical (unpaired) electrons. The lowest BCUT2D eigenvalue weighted by Crippen LogP contribution is -2.52. The highest BCUT2D eigenvalue weighted by molar-refractivity contribution is 5.69. The van der Waals surface area contributed by atoms with Gasteiger partial charge in [-0.3, -0.25) is 0 Å². The molecule has 1 aromatic heterocycles. The molecule has 1 heterocycles. The number of ether oxygens (including phenoxy) is 1. The fourth-order valence-electron chi connectivity index (χ4n) is 2.14. The fourth-order valence-corrected chi connectivity index (χ4v) is 2.14. The SMILES string of the molecule is CC=C(C)c1nc(C2(NC(=O)OC(C)(C)C)CCC2)no1. The first-order valence-corrected chi connectivity index (χ1v) is 7.24. The third kappa shape index (κ3) is 3.43. The minimum absolute atomic E-state index is 0.448.